The summed E-state index contributed by atoms with van der Waals surface area (Å²) in [6.45, 7) is 2.16. The van der Waals surface area contributed by atoms with E-state index in [4.69, 9.17) is 11.6 Å². The maximum atomic E-state index is 5.97. The number of piperidine rings is 1. The quantitative estimate of drug-likeness (QED) is 0.888. The Morgan fingerprint density at radius 3 is 3.17 bits per heavy atom. The Balaban J connectivity index is 1.86. The molecule has 1 saturated heterocycles. The third-order valence-electron chi connectivity index (χ3n) is 3.24. The number of likely N-dealkylation sites (N-methyl/N-ethyl adjacent to an activating group) is 1. The van der Waals surface area contributed by atoms with Crippen LogP contribution < -0.4 is 5.32 Å². The van der Waals surface area contributed by atoms with Gasteiger partial charge < -0.3 is 10.2 Å². The van der Waals surface area contributed by atoms with Gasteiger partial charge in [0.05, 0.1) is 6.20 Å². The molecule has 6 nitrogen and oxygen atoms in total. The van der Waals surface area contributed by atoms with E-state index in [1.54, 1.807) is 10.7 Å². The van der Waals surface area contributed by atoms with E-state index < -0.39 is 0 Å². The van der Waals surface area contributed by atoms with Gasteiger partial charge in [0.2, 0.25) is 5.95 Å². The maximum Gasteiger partial charge on any atom is 0.244 e. The molecule has 1 fully saturated rings. The average Bonchev–Trinajstić information content (AvgIpc) is 2.83. The minimum atomic E-state index is 0.374. The summed E-state index contributed by atoms with van der Waals surface area (Å²) in [6, 6.07) is 2.21. The highest BCUT2D eigenvalue weighted by Gasteiger charge is 2.19. The molecule has 3 heterocycles. The Hall–Kier alpha value is -1.40. The smallest absolute Gasteiger partial charge is 0.244 e. The van der Waals surface area contributed by atoms with Crippen molar-refractivity contribution in [3.8, 4) is 0 Å². The van der Waals surface area contributed by atoms with Crippen molar-refractivity contribution in [3.05, 3.63) is 17.4 Å². The second-order valence-electron chi connectivity index (χ2n) is 4.69. The number of hydrogen-bond donors (Lipinski definition) is 1. The second kappa shape index (κ2) is 4.70. The Kier molecular flexibility index (Phi) is 3.05. The molecule has 1 aliphatic rings. The van der Waals surface area contributed by atoms with Crippen LogP contribution in [0.3, 0.4) is 0 Å². The average molecular weight is 267 g/mol. The van der Waals surface area contributed by atoms with E-state index in [9.17, 15) is 0 Å². The molecular formula is C11H15ClN6. The third kappa shape index (κ3) is 2.13. The highest BCUT2D eigenvalue weighted by molar-refractivity contribution is 6.32. The lowest BCUT2D eigenvalue weighted by Crippen LogP contribution is -2.40. The van der Waals surface area contributed by atoms with E-state index in [0.717, 1.165) is 25.0 Å². The Morgan fingerprint density at radius 2 is 2.33 bits per heavy atom. The van der Waals surface area contributed by atoms with Crippen LogP contribution in [0.4, 0.5) is 5.95 Å². The zero-order valence-corrected chi connectivity index (χ0v) is 10.9. The first-order valence-corrected chi connectivity index (χ1v) is 6.43. The van der Waals surface area contributed by atoms with Gasteiger partial charge in [-0.05, 0) is 32.5 Å². The fourth-order valence-corrected chi connectivity index (χ4v) is 2.55. The van der Waals surface area contributed by atoms with E-state index in [-0.39, 0.29) is 0 Å². The van der Waals surface area contributed by atoms with Gasteiger partial charge in [0, 0.05) is 12.6 Å². The molecule has 0 aliphatic carbocycles. The Bertz CT molecular complexity index is 553. The molecule has 0 radical (unpaired) electrons. The van der Waals surface area contributed by atoms with Crippen LogP contribution in [0.15, 0.2) is 12.3 Å². The third-order valence-corrected chi connectivity index (χ3v) is 3.51. The zero-order valence-electron chi connectivity index (χ0n) is 10.2. The van der Waals surface area contributed by atoms with E-state index >= 15 is 0 Å². The summed E-state index contributed by atoms with van der Waals surface area (Å²) in [5, 5.41) is 16.0. The predicted octanol–water partition coefficient (Wildman–Crippen LogP) is 1.28. The summed E-state index contributed by atoms with van der Waals surface area (Å²) < 4.78 is 1.70. The van der Waals surface area contributed by atoms with Gasteiger partial charge in [-0.2, -0.15) is 9.61 Å². The summed E-state index contributed by atoms with van der Waals surface area (Å²) in [4.78, 5) is 2.31. The molecular weight excluding hydrogens is 252 g/mol. The molecule has 2 aromatic rings. The number of fused-ring (bicyclic) bond motifs is 1. The Labute approximate surface area is 110 Å². The van der Waals surface area contributed by atoms with Crippen LogP contribution in [0.25, 0.3) is 5.52 Å². The van der Waals surface area contributed by atoms with Gasteiger partial charge >= 0.3 is 0 Å². The molecule has 18 heavy (non-hydrogen) atoms. The first-order chi connectivity index (χ1) is 8.74. The summed E-state index contributed by atoms with van der Waals surface area (Å²) in [6.07, 6.45) is 4.03. The van der Waals surface area contributed by atoms with Crippen LogP contribution in [0.1, 0.15) is 12.8 Å². The number of anilines is 1. The van der Waals surface area contributed by atoms with Crippen LogP contribution in [0.2, 0.25) is 5.15 Å². The number of halogens is 1. The molecule has 0 amide bonds. The van der Waals surface area contributed by atoms with Gasteiger partial charge in [-0.3, -0.25) is 0 Å². The molecule has 7 heteroatoms. The molecule has 1 aliphatic heterocycles. The van der Waals surface area contributed by atoms with Crippen molar-refractivity contribution in [2.45, 2.75) is 18.9 Å². The van der Waals surface area contributed by atoms with E-state index in [1.165, 1.54) is 6.42 Å². The van der Waals surface area contributed by atoms with Crippen LogP contribution in [0.5, 0.6) is 0 Å². The van der Waals surface area contributed by atoms with E-state index in [2.05, 4.69) is 32.6 Å². The molecule has 0 aromatic carbocycles. The first-order valence-electron chi connectivity index (χ1n) is 6.05. The maximum absolute atomic E-state index is 5.97. The van der Waals surface area contributed by atoms with Crippen LogP contribution >= 0.6 is 11.6 Å². The van der Waals surface area contributed by atoms with Gasteiger partial charge in [-0.15, -0.1) is 10.2 Å². The van der Waals surface area contributed by atoms with Crippen molar-refractivity contribution in [1.82, 2.24) is 24.7 Å². The Morgan fingerprint density at radius 1 is 1.44 bits per heavy atom. The van der Waals surface area contributed by atoms with Gasteiger partial charge in [0.25, 0.3) is 0 Å². The molecule has 0 saturated carbocycles. The lowest BCUT2D eigenvalue weighted by Gasteiger charge is -2.30. The topological polar surface area (TPSA) is 58.3 Å². The van der Waals surface area contributed by atoms with Crippen molar-refractivity contribution in [3.63, 3.8) is 0 Å². The van der Waals surface area contributed by atoms with Crippen LogP contribution in [-0.2, 0) is 0 Å². The molecule has 0 unspecified atom stereocenters. The minimum Gasteiger partial charge on any atom is -0.349 e. The second-order valence-corrected chi connectivity index (χ2v) is 5.05. The lowest BCUT2D eigenvalue weighted by atomic mass is 10.1. The van der Waals surface area contributed by atoms with Gasteiger partial charge in [0.1, 0.15) is 5.52 Å². The van der Waals surface area contributed by atoms with Crippen molar-refractivity contribution < 1.29 is 0 Å². The van der Waals surface area contributed by atoms with Crippen molar-refractivity contribution in [2.24, 2.45) is 0 Å². The van der Waals surface area contributed by atoms with Crippen LogP contribution in [-0.4, -0.2) is 50.9 Å². The number of hydrogen-bond acceptors (Lipinski definition) is 5. The highest BCUT2D eigenvalue weighted by Crippen LogP contribution is 2.18. The molecule has 2 aromatic heterocycles. The van der Waals surface area contributed by atoms with Gasteiger partial charge in [-0.25, -0.2) is 0 Å². The number of nitrogens with zero attached hydrogens (tertiary/aromatic N) is 5. The molecule has 3 rings (SSSR count). The number of aromatic nitrogens is 4. The fourth-order valence-electron chi connectivity index (χ4n) is 2.37. The van der Waals surface area contributed by atoms with Crippen molar-refractivity contribution >= 4 is 23.1 Å². The van der Waals surface area contributed by atoms with E-state index in [1.807, 2.05) is 6.07 Å². The summed E-state index contributed by atoms with van der Waals surface area (Å²) >= 11 is 5.97. The fraction of sp³-hybridized carbons (Fsp3) is 0.545. The molecule has 0 bridgehead atoms. The lowest BCUT2D eigenvalue weighted by molar-refractivity contribution is 0.260. The minimum absolute atomic E-state index is 0.374. The molecule has 0 spiro atoms. The summed E-state index contributed by atoms with van der Waals surface area (Å²) in [5.74, 6) is 0.653. The van der Waals surface area contributed by atoms with Gasteiger partial charge in [0.15, 0.2) is 5.15 Å². The highest BCUT2D eigenvalue weighted by atomic mass is 35.5. The predicted molar refractivity (Wildman–Crippen MR) is 69.9 cm³/mol. The standard InChI is InChI=1S/C11H15ClN6/c1-17-6-2-3-8(7-17)14-11-16-15-10(12)9-4-5-13-18(9)11/h4-5,8H,2-3,6-7H2,1H3,(H,14,16)/t8-/m1/s1. The number of likely N-dealkylation sites (tertiary alicyclic amines) is 1. The number of nitrogens with one attached hydrogen (secondary N) is 1. The summed E-state index contributed by atoms with van der Waals surface area (Å²) in [5.41, 5.74) is 0.776. The molecule has 1 N–H and O–H groups in total. The number of rotatable bonds is 2. The van der Waals surface area contributed by atoms with Crippen molar-refractivity contribution in [2.75, 3.05) is 25.5 Å². The van der Waals surface area contributed by atoms with Gasteiger partial charge in [-0.1, -0.05) is 11.6 Å². The SMILES string of the molecule is CN1CCC[C@@H](Nc2nnc(Cl)c3ccnn23)C1. The van der Waals surface area contributed by atoms with Crippen LogP contribution in [0, 0.1) is 0 Å². The molecule has 1 atom stereocenters. The molecule has 96 valence electrons. The summed E-state index contributed by atoms with van der Waals surface area (Å²) in [7, 11) is 2.13. The first kappa shape index (κ1) is 11.7. The van der Waals surface area contributed by atoms with E-state index in [0.29, 0.717) is 17.1 Å². The zero-order chi connectivity index (χ0) is 12.5. The normalized spacial score (nSPS) is 21.3. The van der Waals surface area contributed by atoms with Crippen molar-refractivity contribution in [1.29, 1.82) is 0 Å². The monoisotopic (exact) mass is 266 g/mol. The largest absolute Gasteiger partial charge is 0.349 e.